The van der Waals surface area contributed by atoms with Crippen molar-refractivity contribution in [2.45, 2.75) is 0 Å². The van der Waals surface area contributed by atoms with Crippen LogP contribution in [0, 0.1) is 0 Å². The smallest absolute Gasteiger partial charge is 0.170 e. The first-order valence-corrected chi connectivity index (χ1v) is 8.58. The van der Waals surface area contributed by atoms with E-state index in [2.05, 4.69) is 14.9 Å². The van der Waals surface area contributed by atoms with Crippen LogP contribution < -0.4 is 4.90 Å². The first-order chi connectivity index (χ1) is 9.25. The number of hydrogen-bond acceptors (Lipinski definition) is 5. The van der Waals surface area contributed by atoms with E-state index in [0.717, 1.165) is 40.6 Å². The molecule has 3 nitrogen and oxygen atoms in total. The van der Waals surface area contributed by atoms with Crippen LogP contribution in [0.4, 0.5) is 5.69 Å². The molecule has 0 fully saturated rings. The average Bonchev–Trinajstić information content (AvgIpc) is 3.07. The molecule has 1 aromatic carbocycles. The summed E-state index contributed by atoms with van der Waals surface area (Å²) in [7, 11) is 0. The molecule has 100 valence electrons. The second kappa shape index (κ2) is 5.95. The zero-order valence-electron chi connectivity index (χ0n) is 9.97. The van der Waals surface area contributed by atoms with E-state index in [0.29, 0.717) is 10.0 Å². The Morgan fingerprint density at radius 2 is 1.58 bits per heavy atom. The highest BCUT2D eigenvalue weighted by atomic mass is 35.5. The van der Waals surface area contributed by atoms with Crippen molar-refractivity contribution in [2.24, 2.45) is 9.98 Å². The third-order valence-electron chi connectivity index (χ3n) is 2.68. The van der Waals surface area contributed by atoms with Crippen molar-refractivity contribution >= 4 is 62.7 Å². The van der Waals surface area contributed by atoms with Crippen LogP contribution in [0.2, 0.25) is 10.0 Å². The predicted molar refractivity (Wildman–Crippen MR) is 88.5 cm³/mol. The lowest BCUT2D eigenvalue weighted by molar-refractivity contribution is 1.15. The van der Waals surface area contributed by atoms with Gasteiger partial charge in [0.25, 0.3) is 0 Å². The van der Waals surface area contributed by atoms with E-state index in [1.165, 1.54) is 0 Å². The number of benzene rings is 1. The molecule has 2 aliphatic heterocycles. The highest BCUT2D eigenvalue weighted by molar-refractivity contribution is 8.16. The number of thioether (sulfide) groups is 2. The Kier molecular flexibility index (Phi) is 4.27. The number of hydrogen-bond donors (Lipinski definition) is 0. The number of rotatable bonds is 1. The molecule has 2 heterocycles. The number of anilines is 1. The maximum Gasteiger partial charge on any atom is 0.170 e. The van der Waals surface area contributed by atoms with Gasteiger partial charge in [-0.05, 0) is 18.2 Å². The molecule has 19 heavy (non-hydrogen) atoms. The number of halogens is 2. The second-order valence-corrected chi connectivity index (χ2v) is 6.90. The highest BCUT2D eigenvalue weighted by Crippen LogP contribution is 2.32. The molecule has 0 unspecified atom stereocenters. The summed E-state index contributed by atoms with van der Waals surface area (Å²) in [5, 5.41) is 3.10. The van der Waals surface area contributed by atoms with E-state index in [1.54, 1.807) is 23.5 Å². The monoisotopic (exact) mass is 331 g/mol. The number of amidine groups is 2. The van der Waals surface area contributed by atoms with Crippen LogP contribution in [-0.4, -0.2) is 34.9 Å². The van der Waals surface area contributed by atoms with E-state index in [1.807, 2.05) is 18.2 Å². The van der Waals surface area contributed by atoms with Crippen molar-refractivity contribution in [3.63, 3.8) is 0 Å². The minimum Gasteiger partial charge on any atom is -0.268 e. The molecule has 7 heteroatoms. The minimum atomic E-state index is 0.552. The molecular formula is C12H11Cl2N3S2. The largest absolute Gasteiger partial charge is 0.268 e. The van der Waals surface area contributed by atoms with E-state index in [4.69, 9.17) is 23.2 Å². The van der Waals surface area contributed by atoms with Crippen LogP contribution in [0.3, 0.4) is 0 Å². The number of nitrogens with zero attached hydrogens (tertiary/aromatic N) is 3. The van der Waals surface area contributed by atoms with Gasteiger partial charge < -0.3 is 0 Å². The summed E-state index contributed by atoms with van der Waals surface area (Å²) < 4.78 is 0. The highest BCUT2D eigenvalue weighted by Gasteiger charge is 2.25. The van der Waals surface area contributed by atoms with Crippen molar-refractivity contribution in [2.75, 3.05) is 29.5 Å². The van der Waals surface area contributed by atoms with Crippen LogP contribution in [0.5, 0.6) is 0 Å². The van der Waals surface area contributed by atoms with Crippen LogP contribution in [0.15, 0.2) is 28.2 Å². The average molecular weight is 332 g/mol. The van der Waals surface area contributed by atoms with Crippen molar-refractivity contribution in [1.29, 1.82) is 0 Å². The molecular weight excluding hydrogens is 321 g/mol. The Morgan fingerprint density at radius 3 is 2.05 bits per heavy atom. The van der Waals surface area contributed by atoms with Crippen molar-refractivity contribution in [3.8, 4) is 0 Å². The molecule has 0 saturated heterocycles. The summed E-state index contributed by atoms with van der Waals surface area (Å²) in [5.74, 6) is 2.04. The zero-order valence-corrected chi connectivity index (χ0v) is 13.1. The Bertz CT molecular complexity index is 536. The number of aliphatic imine (C=N–C) groups is 2. The molecule has 0 radical (unpaired) electrons. The first-order valence-electron chi connectivity index (χ1n) is 5.85. The lowest BCUT2D eigenvalue weighted by Crippen LogP contribution is -2.31. The summed E-state index contributed by atoms with van der Waals surface area (Å²) in [4.78, 5) is 11.2. The van der Waals surface area contributed by atoms with E-state index < -0.39 is 0 Å². The van der Waals surface area contributed by atoms with Gasteiger partial charge in [0.05, 0.1) is 28.8 Å². The van der Waals surface area contributed by atoms with Gasteiger partial charge in [0, 0.05) is 11.5 Å². The summed E-state index contributed by atoms with van der Waals surface area (Å²) in [6.07, 6.45) is 0. The summed E-state index contributed by atoms with van der Waals surface area (Å²) in [6, 6.07) is 5.64. The topological polar surface area (TPSA) is 28.0 Å². The van der Waals surface area contributed by atoms with Gasteiger partial charge in [-0.15, -0.1) is 0 Å². The standard InChI is InChI=1S/C12H11Cl2N3S2/c13-9-2-1-8(7-10(9)14)17(11-15-3-5-18-11)12-16-4-6-19-12/h1-2,7H,3-6H2. The Balaban J connectivity index is 2.00. The van der Waals surface area contributed by atoms with Gasteiger partial charge in [-0.1, -0.05) is 46.7 Å². The summed E-state index contributed by atoms with van der Waals surface area (Å²) in [6.45, 7) is 1.71. The molecule has 0 aliphatic carbocycles. The van der Waals surface area contributed by atoms with Crippen LogP contribution in [0.1, 0.15) is 0 Å². The fraction of sp³-hybridized carbons (Fsp3) is 0.333. The molecule has 0 amide bonds. The first kappa shape index (κ1) is 13.6. The maximum atomic E-state index is 6.12. The van der Waals surface area contributed by atoms with Gasteiger partial charge in [0.2, 0.25) is 0 Å². The third-order valence-corrected chi connectivity index (χ3v) is 5.34. The fourth-order valence-electron chi connectivity index (χ4n) is 1.85. The van der Waals surface area contributed by atoms with Gasteiger partial charge in [0.1, 0.15) is 0 Å². The molecule has 0 N–H and O–H groups in total. The quantitative estimate of drug-likeness (QED) is 0.778. The van der Waals surface area contributed by atoms with Crippen LogP contribution in [-0.2, 0) is 0 Å². The SMILES string of the molecule is Clc1ccc(N(C2=NCCS2)C2=NCCS2)cc1Cl. The molecule has 2 aliphatic rings. The lowest BCUT2D eigenvalue weighted by atomic mass is 10.3. The molecule has 0 saturated carbocycles. The van der Waals surface area contributed by atoms with Crippen LogP contribution >= 0.6 is 46.7 Å². The Hall–Kier alpha value is -0.360. The second-order valence-electron chi connectivity index (χ2n) is 3.96. The lowest BCUT2D eigenvalue weighted by Gasteiger charge is -2.23. The van der Waals surface area contributed by atoms with Gasteiger partial charge in [-0.3, -0.25) is 14.9 Å². The minimum absolute atomic E-state index is 0.552. The summed E-state index contributed by atoms with van der Waals surface area (Å²) in [5.41, 5.74) is 0.968. The third kappa shape index (κ3) is 2.89. The molecule has 0 atom stereocenters. The van der Waals surface area contributed by atoms with E-state index >= 15 is 0 Å². The molecule has 1 aromatic rings. The molecule has 0 spiro atoms. The zero-order chi connectivity index (χ0) is 13.2. The molecule has 3 rings (SSSR count). The van der Waals surface area contributed by atoms with Crippen LogP contribution in [0.25, 0.3) is 0 Å². The molecule has 0 bridgehead atoms. The van der Waals surface area contributed by atoms with Crippen molar-refractivity contribution in [3.05, 3.63) is 28.2 Å². The Labute approximate surface area is 130 Å². The Morgan fingerprint density at radius 1 is 0.947 bits per heavy atom. The van der Waals surface area contributed by atoms with Gasteiger partial charge in [-0.2, -0.15) is 0 Å². The molecule has 0 aromatic heterocycles. The maximum absolute atomic E-state index is 6.12. The van der Waals surface area contributed by atoms with E-state index in [-0.39, 0.29) is 0 Å². The van der Waals surface area contributed by atoms with E-state index in [9.17, 15) is 0 Å². The normalized spacial score (nSPS) is 18.4. The summed E-state index contributed by atoms with van der Waals surface area (Å²) >= 11 is 15.6. The fourth-order valence-corrected chi connectivity index (χ4v) is 3.93. The van der Waals surface area contributed by atoms with Gasteiger partial charge in [0.15, 0.2) is 10.3 Å². The van der Waals surface area contributed by atoms with Gasteiger partial charge in [-0.25, -0.2) is 0 Å². The predicted octanol–water partition coefficient (Wildman–Crippen LogP) is 4.01. The van der Waals surface area contributed by atoms with Gasteiger partial charge >= 0.3 is 0 Å². The van der Waals surface area contributed by atoms with Crippen molar-refractivity contribution < 1.29 is 0 Å². The van der Waals surface area contributed by atoms with Crippen molar-refractivity contribution in [1.82, 2.24) is 0 Å².